The zero-order valence-electron chi connectivity index (χ0n) is 34.4. The smallest absolute Gasteiger partial charge is 0.329 e. The van der Waals surface area contributed by atoms with Gasteiger partial charge < -0.3 is 43.9 Å². The number of allylic oxidation sites excluding steroid dienone is 3. The molecule has 312 valence electrons. The zero-order valence-corrected chi connectivity index (χ0v) is 34.4. The van der Waals surface area contributed by atoms with E-state index in [9.17, 15) is 34.5 Å². The summed E-state index contributed by atoms with van der Waals surface area (Å²) in [6.07, 6.45) is 3.09. The third-order valence-corrected chi connectivity index (χ3v) is 12.6. The zero-order chi connectivity index (χ0) is 40.8. The van der Waals surface area contributed by atoms with Gasteiger partial charge in [0.25, 0.3) is 11.7 Å². The first-order valence-electron chi connectivity index (χ1n) is 20.2. The lowest BCUT2D eigenvalue weighted by Crippen LogP contribution is -2.64. The van der Waals surface area contributed by atoms with Gasteiger partial charge in [0.2, 0.25) is 5.79 Å². The number of nitrogens with zero attached hydrogens (tertiary/aromatic N) is 1. The Labute approximate surface area is 327 Å². The van der Waals surface area contributed by atoms with Gasteiger partial charge in [-0.3, -0.25) is 14.4 Å². The number of carbonyl (C=O) groups excluding carboxylic acids is 4. The van der Waals surface area contributed by atoms with E-state index in [1.165, 1.54) is 19.1 Å². The van der Waals surface area contributed by atoms with Crippen LogP contribution in [0.1, 0.15) is 106 Å². The Bertz CT molecular complexity index is 1410. The van der Waals surface area contributed by atoms with Crippen LogP contribution in [0.4, 0.5) is 0 Å². The van der Waals surface area contributed by atoms with E-state index in [1.807, 2.05) is 32.9 Å². The molecule has 2 saturated heterocycles. The molecule has 3 N–H and O–H groups in total. The molecule has 4 aliphatic rings. The van der Waals surface area contributed by atoms with Gasteiger partial charge in [0, 0.05) is 52.0 Å². The van der Waals surface area contributed by atoms with Crippen molar-refractivity contribution in [2.45, 2.75) is 160 Å². The number of hydrogen-bond donors (Lipinski definition) is 3. The maximum absolute atomic E-state index is 14.2. The van der Waals surface area contributed by atoms with E-state index < -0.39 is 83.9 Å². The van der Waals surface area contributed by atoms with Gasteiger partial charge in [0.1, 0.15) is 24.0 Å². The predicted octanol–water partition coefficient (Wildman–Crippen LogP) is 4.08. The number of piperidine rings is 1. The Hall–Kier alpha value is -2.52. The minimum Gasteiger partial charge on any atom is -0.456 e. The third kappa shape index (κ3) is 10.7. The van der Waals surface area contributed by atoms with Crippen LogP contribution >= 0.6 is 0 Å². The maximum Gasteiger partial charge on any atom is 0.329 e. The number of fused-ring (bicyclic) bond motifs is 3. The van der Waals surface area contributed by atoms with E-state index in [4.69, 9.17) is 23.7 Å². The van der Waals surface area contributed by atoms with Crippen molar-refractivity contribution in [3.05, 3.63) is 23.3 Å². The number of carbonyl (C=O) groups is 4. The van der Waals surface area contributed by atoms with Gasteiger partial charge in [-0.25, -0.2) is 4.79 Å². The molecule has 1 aliphatic carbocycles. The molecule has 0 aromatic rings. The molecule has 0 radical (unpaired) electrons. The predicted molar refractivity (Wildman–Crippen MR) is 203 cm³/mol. The lowest BCUT2D eigenvalue weighted by molar-refractivity contribution is -0.302. The molecule has 3 heterocycles. The monoisotopic (exact) mass is 777 g/mol. The number of aliphatic hydroxyl groups is 3. The van der Waals surface area contributed by atoms with Gasteiger partial charge >= 0.3 is 5.97 Å². The highest BCUT2D eigenvalue weighted by molar-refractivity contribution is 6.39. The molecule has 55 heavy (non-hydrogen) atoms. The number of Topliss-reactive ketones (excluding diaryl/α,β-unsaturated/α-hetero) is 2. The number of aliphatic hydroxyl groups excluding tert-OH is 2. The van der Waals surface area contributed by atoms with E-state index in [1.54, 1.807) is 27.9 Å². The van der Waals surface area contributed by atoms with Crippen LogP contribution in [0.3, 0.4) is 0 Å². The summed E-state index contributed by atoms with van der Waals surface area (Å²) in [7, 11) is 4.62. The van der Waals surface area contributed by atoms with Crippen LogP contribution in [-0.4, -0.2) is 126 Å². The summed E-state index contributed by atoms with van der Waals surface area (Å²) in [5, 5.41) is 33.9. The molecule has 3 aliphatic heterocycles. The Kier molecular flexibility index (Phi) is 16.2. The summed E-state index contributed by atoms with van der Waals surface area (Å²) in [6.45, 7) is 11.1. The van der Waals surface area contributed by atoms with Crippen LogP contribution in [0.25, 0.3) is 0 Å². The van der Waals surface area contributed by atoms with Gasteiger partial charge in [0.05, 0.1) is 30.5 Å². The minimum absolute atomic E-state index is 0.00142. The Morgan fingerprint density at radius 2 is 1.53 bits per heavy atom. The Morgan fingerprint density at radius 3 is 2.18 bits per heavy atom. The average molecular weight is 778 g/mol. The molecule has 14 atom stereocenters. The Morgan fingerprint density at radius 1 is 0.873 bits per heavy atom. The highest BCUT2D eigenvalue weighted by Crippen LogP contribution is 2.39. The molecule has 13 nitrogen and oxygen atoms in total. The van der Waals surface area contributed by atoms with Crippen molar-refractivity contribution in [2.24, 2.45) is 29.6 Å². The molecule has 2 bridgehead atoms. The lowest BCUT2D eigenvalue weighted by Gasteiger charge is -2.47. The summed E-state index contributed by atoms with van der Waals surface area (Å²) >= 11 is 0. The number of ketones is 2. The fourth-order valence-electron chi connectivity index (χ4n) is 9.16. The number of methoxy groups -OCH3 is 3. The largest absolute Gasteiger partial charge is 0.456 e. The third-order valence-electron chi connectivity index (χ3n) is 12.6. The second-order valence-corrected chi connectivity index (χ2v) is 16.9. The molecule has 3 fully saturated rings. The van der Waals surface area contributed by atoms with Crippen molar-refractivity contribution in [1.29, 1.82) is 0 Å². The van der Waals surface area contributed by atoms with Gasteiger partial charge in [-0.15, -0.1) is 0 Å². The molecule has 0 aromatic carbocycles. The fourth-order valence-corrected chi connectivity index (χ4v) is 9.16. The first kappa shape index (κ1) is 45.2. The van der Waals surface area contributed by atoms with Crippen LogP contribution in [0.5, 0.6) is 0 Å². The normalized spacial score (nSPS) is 42.1. The first-order valence-corrected chi connectivity index (χ1v) is 20.2. The number of cyclic esters (lactones) is 1. The molecule has 4 rings (SSSR count). The summed E-state index contributed by atoms with van der Waals surface area (Å²) < 4.78 is 29.6. The summed E-state index contributed by atoms with van der Waals surface area (Å²) in [6, 6.07) is -1.13. The van der Waals surface area contributed by atoms with Crippen LogP contribution in [0.15, 0.2) is 23.3 Å². The summed E-state index contributed by atoms with van der Waals surface area (Å²) in [5.41, 5.74) is 1.64. The molecule has 0 aromatic heterocycles. The van der Waals surface area contributed by atoms with Gasteiger partial charge in [-0.05, 0) is 89.0 Å². The summed E-state index contributed by atoms with van der Waals surface area (Å²) in [4.78, 5) is 57.3. The first-order chi connectivity index (χ1) is 25.9. The molecular weight excluding hydrogens is 710 g/mol. The van der Waals surface area contributed by atoms with Crippen molar-refractivity contribution in [3.8, 4) is 0 Å². The van der Waals surface area contributed by atoms with Crippen molar-refractivity contribution in [2.75, 3.05) is 27.9 Å². The van der Waals surface area contributed by atoms with Crippen LogP contribution in [-0.2, 0) is 42.9 Å². The van der Waals surface area contributed by atoms with Gasteiger partial charge in [-0.1, -0.05) is 45.4 Å². The van der Waals surface area contributed by atoms with E-state index in [0.29, 0.717) is 50.5 Å². The topological polar surface area (TPSA) is 178 Å². The molecule has 0 spiro atoms. The number of esters is 1. The fraction of sp³-hybridized carbons (Fsp3) is 0.810. The van der Waals surface area contributed by atoms with Crippen molar-refractivity contribution < 1.29 is 58.2 Å². The molecule has 1 saturated carbocycles. The van der Waals surface area contributed by atoms with Crippen molar-refractivity contribution in [3.63, 3.8) is 0 Å². The Balaban J connectivity index is 1.75. The molecule has 1 amide bonds. The quantitative estimate of drug-likeness (QED) is 0.207. The highest BCUT2D eigenvalue weighted by Gasteiger charge is 2.56. The average Bonchev–Trinajstić information content (AvgIpc) is 3.15. The van der Waals surface area contributed by atoms with E-state index in [0.717, 1.165) is 5.57 Å². The molecular formula is C42H67NO12. The van der Waals surface area contributed by atoms with Crippen LogP contribution in [0.2, 0.25) is 0 Å². The molecule has 2 unspecified atom stereocenters. The molecule has 13 heteroatoms. The number of ether oxygens (including phenoxy) is 5. The van der Waals surface area contributed by atoms with Gasteiger partial charge in [0.15, 0.2) is 0 Å². The number of amides is 1. The standard InChI is InChI=1S/C42H67NO12/c1-23-16-24(2)18-35(52-8)38-36(53-9)20-27(5)42(50,55-38)39(47)40(48)43-15-11-10-12-30(43)41(49)54-37(28(6)33(46)22-32(45)25(3)17-23)26(4)19-29-13-14-31(44)34(21-29)51-7/h17,19,24-25,27-31,33-38,44,46,50H,10-16,18,20-22H2,1-9H3/b23-17+,26-19+/t24-,25+,27+,28+,29-,30?,31+,33-,34+,35-,36-,37+,38?,42+/m0/s1. The lowest BCUT2D eigenvalue weighted by atomic mass is 9.82. The van der Waals surface area contributed by atoms with Gasteiger partial charge in [-0.2, -0.15) is 0 Å². The van der Waals surface area contributed by atoms with Crippen LogP contribution < -0.4 is 0 Å². The SMILES string of the molecule is CO[C@H]1C[C@@H](C)C/C(C)=C/[C@@H](C)C(=O)C[C@H](O)[C@@H](C)[C@@H](/C(C)=C/[C@@H]2CC[C@@H](O)[C@H](OC)C2)OC(=O)C2CCCCN2C(=O)C(=O)[C@]2(O)OC1[C@@H](OC)C[C@H]2C. The van der Waals surface area contributed by atoms with E-state index in [-0.39, 0.29) is 49.5 Å². The summed E-state index contributed by atoms with van der Waals surface area (Å²) in [5.74, 6) is -7.59. The second-order valence-electron chi connectivity index (χ2n) is 16.9. The second kappa shape index (κ2) is 19.8. The van der Waals surface area contributed by atoms with Crippen molar-refractivity contribution in [1.82, 2.24) is 4.90 Å². The number of hydrogen-bond acceptors (Lipinski definition) is 12. The van der Waals surface area contributed by atoms with E-state index in [2.05, 4.69) is 0 Å². The minimum atomic E-state index is -2.50. The van der Waals surface area contributed by atoms with E-state index >= 15 is 0 Å². The maximum atomic E-state index is 14.2. The van der Waals surface area contributed by atoms with Crippen molar-refractivity contribution >= 4 is 23.4 Å². The number of rotatable bonds is 5. The van der Waals surface area contributed by atoms with Crippen LogP contribution in [0, 0.1) is 29.6 Å². The highest BCUT2D eigenvalue weighted by atomic mass is 16.7.